The Morgan fingerprint density at radius 3 is 2.61 bits per heavy atom. The van der Waals surface area contributed by atoms with Crippen LogP contribution in [0.25, 0.3) is 11.2 Å². The molecule has 2 aromatic rings. The normalized spacial score (nSPS) is 18.2. The van der Waals surface area contributed by atoms with Gasteiger partial charge in [0.1, 0.15) is 11.1 Å². The monoisotopic (exact) mass is 256 g/mol. The number of nitrogens with two attached hydrogens (primary N) is 1. The van der Waals surface area contributed by atoms with Gasteiger partial charge in [0.25, 0.3) is 0 Å². The molecule has 0 radical (unpaired) electrons. The van der Waals surface area contributed by atoms with Crippen molar-refractivity contribution in [2.75, 3.05) is 5.73 Å². The maximum Gasteiger partial charge on any atom is 0.412 e. The van der Waals surface area contributed by atoms with E-state index in [9.17, 15) is 13.2 Å². The van der Waals surface area contributed by atoms with Crippen LogP contribution in [0, 0.1) is 6.92 Å². The summed E-state index contributed by atoms with van der Waals surface area (Å²) in [7, 11) is 0. The zero-order chi connectivity index (χ0) is 13.1. The number of hydrogen-bond donors (Lipinski definition) is 1. The number of rotatable bonds is 1. The van der Waals surface area contributed by atoms with Crippen LogP contribution in [0.1, 0.15) is 18.4 Å². The van der Waals surface area contributed by atoms with E-state index in [1.807, 2.05) is 0 Å². The van der Waals surface area contributed by atoms with Crippen molar-refractivity contribution >= 4 is 17.1 Å². The minimum atomic E-state index is -4.33. The molecule has 0 unspecified atom stereocenters. The smallest absolute Gasteiger partial charge is 0.369 e. The number of nitrogen functional groups attached to an aromatic ring is 1. The van der Waals surface area contributed by atoms with Crippen molar-refractivity contribution in [1.82, 2.24) is 14.5 Å². The molecule has 0 bridgehead atoms. The van der Waals surface area contributed by atoms with Crippen LogP contribution >= 0.6 is 0 Å². The summed E-state index contributed by atoms with van der Waals surface area (Å²) < 4.78 is 40.4. The number of aryl methyl sites for hydroxylation is 1. The third-order valence-electron chi connectivity index (χ3n) is 3.34. The molecule has 2 aromatic heterocycles. The van der Waals surface area contributed by atoms with Gasteiger partial charge in [0.2, 0.25) is 5.95 Å². The molecule has 1 fully saturated rings. The second kappa shape index (κ2) is 3.15. The molecule has 96 valence electrons. The molecule has 18 heavy (non-hydrogen) atoms. The van der Waals surface area contributed by atoms with Gasteiger partial charge in [-0.1, -0.05) is 0 Å². The number of halogens is 3. The summed E-state index contributed by atoms with van der Waals surface area (Å²) in [5, 5.41) is 0. The SMILES string of the molecule is Cc1cnc2c(c1)nc(N)n2C1(C(F)(F)F)CC1. The van der Waals surface area contributed by atoms with E-state index >= 15 is 0 Å². The van der Waals surface area contributed by atoms with Gasteiger partial charge in [-0.15, -0.1) is 0 Å². The number of anilines is 1. The van der Waals surface area contributed by atoms with Crippen LogP contribution in [0.4, 0.5) is 19.1 Å². The lowest BCUT2D eigenvalue weighted by molar-refractivity contribution is -0.178. The highest BCUT2D eigenvalue weighted by molar-refractivity contribution is 5.75. The van der Waals surface area contributed by atoms with E-state index in [0.29, 0.717) is 5.52 Å². The molecule has 2 heterocycles. The summed E-state index contributed by atoms with van der Waals surface area (Å²) in [6.45, 7) is 1.80. The van der Waals surface area contributed by atoms with Gasteiger partial charge in [-0.25, -0.2) is 9.97 Å². The standard InChI is InChI=1S/C11H11F3N4/c1-6-4-7-8(16-5-6)18(9(15)17-7)10(2-3-10)11(12,13)14/h4-5H,2-3H2,1H3,(H2,15,17). The zero-order valence-corrected chi connectivity index (χ0v) is 9.62. The van der Waals surface area contributed by atoms with Gasteiger partial charge in [0.15, 0.2) is 5.65 Å². The molecule has 0 saturated heterocycles. The van der Waals surface area contributed by atoms with Gasteiger partial charge >= 0.3 is 6.18 Å². The van der Waals surface area contributed by atoms with Crippen LogP contribution in [0.2, 0.25) is 0 Å². The average molecular weight is 256 g/mol. The van der Waals surface area contributed by atoms with Gasteiger partial charge in [0, 0.05) is 6.20 Å². The highest BCUT2D eigenvalue weighted by Crippen LogP contribution is 2.57. The number of pyridine rings is 1. The molecule has 2 N–H and O–H groups in total. The fourth-order valence-corrected chi connectivity index (χ4v) is 2.26. The number of fused-ring (bicyclic) bond motifs is 1. The minimum absolute atomic E-state index is 0.0295. The number of nitrogens with zero attached hydrogens (tertiary/aromatic N) is 3. The Bertz CT molecular complexity index is 625. The Balaban J connectivity index is 2.27. The first-order valence-electron chi connectivity index (χ1n) is 5.53. The predicted molar refractivity (Wildman–Crippen MR) is 59.9 cm³/mol. The van der Waals surface area contributed by atoms with E-state index in [4.69, 9.17) is 5.73 Å². The van der Waals surface area contributed by atoms with E-state index in [-0.39, 0.29) is 24.4 Å². The molecule has 0 atom stereocenters. The van der Waals surface area contributed by atoms with Gasteiger partial charge < -0.3 is 5.73 Å². The summed E-state index contributed by atoms with van der Waals surface area (Å²) in [4.78, 5) is 8.01. The molecule has 0 aliphatic heterocycles. The topological polar surface area (TPSA) is 56.7 Å². The Morgan fingerprint density at radius 2 is 2.06 bits per heavy atom. The Labute approximate surface area is 101 Å². The largest absolute Gasteiger partial charge is 0.412 e. The molecule has 0 amide bonds. The highest BCUT2D eigenvalue weighted by Gasteiger charge is 2.66. The molecule has 7 heteroatoms. The second-order valence-electron chi connectivity index (χ2n) is 4.69. The van der Waals surface area contributed by atoms with E-state index in [1.54, 1.807) is 13.0 Å². The van der Waals surface area contributed by atoms with E-state index < -0.39 is 11.7 Å². The van der Waals surface area contributed by atoms with Crippen LogP contribution < -0.4 is 5.73 Å². The molecule has 4 nitrogen and oxygen atoms in total. The first kappa shape index (κ1) is 11.3. The van der Waals surface area contributed by atoms with Crippen molar-refractivity contribution in [2.45, 2.75) is 31.5 Å². The summed E-state index contributed by atoms with van der Waals surface area (Å²) >= 11 is 0. The van der Waals surface area contributed by atoms with Crippen LogP contribution in [-0.2, 0) is 5.54 Å². The van der Waals surface area contributed by atoms with Crippen molar-refractivity contribution < 1.29 is 13.2 Å². The van der Waals surface area contributed by atoms with E-state index in [1.165, 1.54) is 6.20 Å². The number of imidazole rings is 1. The maximum atomic E-state index is 13.1. The summed E-state index contributed by atoms with van der Waals surface area (Å²) in [5.41, 5.74) is 5.17. The quantitative estimate of drug-likeness (QED) is 0.852. The number of alkyl halides is 3. The van der Waals surface area contributed by atoms with E-state index in [2.05, 4.69) is 9.97 Å². The maximum absolute atomic E-state index is 13.1. The van der Waals surface area contributed by atoms with Gasteiger partial charge in [-0.3, -0.25) is 4.57 Å². The van der Waals surface area contributed by atoms with Crippen LogP contribution in [-0.4, -0.2) is 20.7 Å². The van der Waals surface area contributed by atoms with Gasteiger partial charge in [-0.2, -0.15) is 13.2 Å². The lowest BCUT2D eigenvalue weighted by Crippen LogP contribution is -2.35. The molecule has 0 aromatic carbocycles. The lowest BCUT2D eigenvalue weighted by atomic mass is 10.2. The van der Waals surface area contributed by atoms with Crippen LogP contribution in [0.3, 0.4) is 0 Å². The van der Waals surface area contributed by atoms with Gasteiger partial charge in [-0.05, 0) is 31.4 Å². The summed E-state index contributed by atoms with van der Waals surface area (Å²) in [6.07, 6.45) is -2.75. The fourth-order valence-electron chi connectivity index (χ4n) is 2.26. The Morgan fingerprint density at radius 1 is 1.39 bits per heavy atom. The van der Waals surface area contributed by atoms with Crippen molar-refractivity contribution in [2.24, 2.45) is 0 Å². The molecular formula is C11H11F3N4. The molecule has 1 saturated carbocycles. The Kier molecular flexibility index (Phi) is 1.98. The molecule has 0 spiro atoms. The third kappa shape index (κ3) is 1.33. The van der Waals surface area contributed by atoms with E-state index in [0.717, 1.165) is 10.1 Å². The average Bonchev–Trinajstić information content (AvgIpc) is 2.97. The lowest BCUT2D eigenvalue weighted by Gasteiger charge is -2.22. The number of hydrogen-bond acceptors (Lipinski definition) is 3. The van der Waals surface area contributed by atoms with Crippen molar-refractivity contribution in [1.29, 1.82) is 0 Å². The third-order valence-corrected chi connectivity index (χ3v) is 3.34. The van der Waals surface area contributed by atoms with Gasteiger partial charge in [0.05, 0.1) is 0 Å². The molecule has 1 aliphatic rings. The first-order chi connectivity index (χ1) is 8.35. The summed E-state index contributed by atoms with van der Waals surface area (Å²) in [6, 6.07) is 1.68. The predicted octanol–water partition coefficient (Wildman–Crippen LogP) is 2.37. The van der Waals surface area contributed by atoms with Crippen molar-refractivity contribution in [3.63, 3.8) is 0 Å². The fraction of sp³-hybridized carbons (Fsp3) is 0.455. The number of aromatic nitrogens is 3. The first-order valence-corrected chi connectivity index (χ1v) is 5.53. The molecule has 1 aliphatic carbocycles. The molecular weight excluding hydrogens is 245 g/mol. The van der Waals surface area contributed by atoms with Crippen molar-refractivity contribution in [3.05, 3.63) is 17.8 Å². The van der Waals surface area contributed by atoms with Crippen LogP contribution in [0.5, 0.6) is 0 Å². The Hall–Kier alpha value is -1.79. The zero-order valence-electron chi connectivity index (χ0n) is 9.62. The highest BCUT2D eigenvalue weighted by atomic mass is 19.4. The van der Waals surface area contributed by atoms with Crippen molar-refractivity contribution in [3.8, 4) is 0 Å². The molecule has 3 rings (SSSR count). The minimum Gasteiger partial charge on any atom is -0.369 e. The second-order valence-corrected chi connectivity index (χ2v) is 4.69. The van der Waals surface area contributed by atoms with Crippen LogP contribution in [0.15, 0.2) is 12.3 Å². The summed E-state index contributed by atoms with van der Waals surface area (Å²) in [5.74, 6) is -0.127.